The Bertz CT molecular complexity index is 697. The number of ether oxygens (including phenoxy) is 1. The molecule has 0 spiro atoms. The van der Waals surface area contributed by atoms with E-state index in [1.54, 1.807) is 6.20 Å². The lowest BCUT2D eigenvalue weighted by molar-refractivity contribution is -0.119. The Morgan fingerprint density at radius 2 is 2.00 bits per heavy atom. The summed E-state index contributed by atoms with van der Waals surface area (Å²) in [7, 11) is 0. The van der Waals surface area contributed by atoms with Crippen LogP contribution in [0.1, 0.15) is 25.5 Å². The molecule has 0 saturated carbocycles. The van der Waals surface area contributed by atoms with Gasteiger partial charge in [-0.1, -0.05) is 23.7 Å². The fourth-order valence-corrected chi connectivity index (χ4v) is 2.78. The number of anilines is 1. The maximum Gasteiger partial charge on any atom is 0.217 e. The summed E-state index contributed by atoms with van der Waals surface area (Å²) in [6.07, 6.45) is 1.81. The maximum atomic E-state index is 11.1. The van der Waals surface area contributed by atoms with Gasteiger partial charge in [-0.2, -0.15) is 0 Å². The van der Waals surface area contributed by atoms with Crippen molar-refractivity contribution in [3.05, 3.63) is 53.2 Å². The van der Waals surface area contributed by atoms with E-state index in [1.807, 2.05) is 43.3 Å². The van der Waals surface area contributed by atoms with Crippen LogP contribution >= 0.6 is 11.6 Å². The van der Waals surface area contributed by atoms with Gasteiger partial charge in [-0.15, -0.1) is 0 Å². The van der Waals surface area contributed by atoms with E-state index in [1.165, 1.54) is 6.92 Å². The van der Waals surface area contributed by atoms with E-state index in [0.29, 0.717) is 5.02 Å². The molecule has 3 rings (SSSR count). The minimum atomic E-state index is -0.0341. The average Bonchev–Trinajstić information content (AvgIpc) is 2.51. The summed E-state index contributed by atoms with van der Waals surface area (Å²) in [5.74, 6) is 1.72. The number of benzene rings is 1. The lowest BCUT2D eigenvalue weighted by Gasteiger charge is -2.39. The molecule has 1 saturated heterocycles. The second kappa shape index (κ2) is 7.09. The zero-order valence-corrected chi connectivity index (χ0v) is 14.5. The van der Waals surface area contributed by atoms with Crippen LogP contribution in [0, 0.1) is 0 Å². The van der Waals surface area contributed by atoms with E-state index >= 15 is 0 Å². The van der Waals surface area contributed by atoms with Crippen LogP contribution in [0.3, 0.4) is 0 Å². The molecule has 1 aromatic heterocycles. The van der Waals surface area contributed by atoms with Crippen LogP contribution in [0.4, 0.5) is 5.82 Å². The van der Waals surface area contributed by atoms with Gasteiger partial charge in [-0.25, -0.2) is 4.98 Å². The molecule has 1 unspecified atom stereocenters. The second-order valence-electron chi connectivity index (χ2n) is 5.97. The third-order valence-corrected chi connectivity index (χ3v) is 4.21. The number of nitrogens with one attached hydrogen (secondary N) is 1. The number of carbonyl (C=O) groups is 1. The highest BCUT2D eigenvalue weighted by atomic mass is 35.5. The molecular weight excluding hydrogens is 326 g/mol. The standard InChI is InChI=1S/C18H20ClN3O2/c1-12(21-13(2)23)14-3-6-16(7-4-14)24-17-10-22(11-17)18-8-5-15(19)9-20-18/h3-9,12,17H,10-11H2,1-2H3,(H,21,23). The Morgan fingerprint density at radius 1 is 1.29 bits per heavy atom. The highest BCUT2D eigenvalue weighted by Gasteiger charge is 2.29. The topological polar surface area (TPSA) is 54.5 Å². The number of hydrogen-bond acceptors (Lipinski definition) is 4. The smallest absolute Gasteiger partial charge is 0.217 e. The number of pyridine rings is 1. The summed E-state index contributed by atoms with van der Waals surface area (Å²) in [6.45, 7) is 5.09. The van der Waals surface area contributed by atoms with Crippen molar-refractivity contribution in [2.75, 3.05) is 18.0 Å². The normalized spacial score (nSPS) is 15.5. The molecule has 1 atom stereocenters. The van der Waals surface area contributed by atoms with Gasteiger partial charge in [-0.3, -0.25) is 4.79 Å². The van der Waals surface area contributed by atoms with Crippen molar-refractivity contribution in [1.29, 1.82) is 0 Å². The van der Waals surface area contributed by atoms with E-state index in [4.69, 9.17) is 16.3 Å². The molecule has 6 heteroatoms. The van der Waals surface area contributed by atoms with Crippen molar-refractivity contribution in [2.45, 2.75) is 26.0 Å². The van der Waals surface area contributed by atoms with Crippen LogP contribution < -0.4 is 15.0 Å². The van der Waals surface area contributed by atoms with Gasteiger partial charge in [0.2, 0.25) is 5.91 Å². The first-order chi connectivity index (χ1) is 11.5. The van der Waals surface area contributed by atoms with Gasteiger partial charge in [0.15, 0.2) is 0 Å². The fraction of sp³-hybridized carbons (Fsp3) is 0.333. The van der Waals surface area contributed by atoms with Crippen molar-refractivity contribution < 1.29 is 9.53 Å². The number of aromatic nitrogens is 1. The summed E-state index contributed by atoms with van der Waals surface area (Å²) < 4.78 is 5.96. The average molecular weight is 346 g/mol. The molecule has 2 heterocycles. The first kappa shape index (κ1) is 16.6. The molecule has 0 radical (unpaired) electrons. The fourth-order valence-electron chi connectivity index (χ4n) is 2.67. The lowest BCUT2D eigenvalue weighted by atomic mass is 10.1. The molecule has 1 aliphatic rings. The third kappa shape index (κ3) is 3.97. The maximum absolute atomic E-state index is 11.1. The Labute approximate surface area is 146 Å². The van der Waals surface area contributed by atoms with Crippen LogP contribution in [0.25, 0.3) is 0 Å². The number of hydrogen-bond donors (Lipinski definition) is 1. The Kier molecular flexibility index (Phi) is 4.90. The van der Waals surface area contributed by atoms with Crippen molar-refractivity contribution in [3.8, 4) is 5.75 Å². The molecule has 0 aliphatic carbocycles. The predicted molar refractivity (Wildman–Crippen MR) is 94.5 cm³/mol. The number of nitrogens with zero attached hydrogens (tertiary/aromatic N) is 2. The van der Waals surface area contributed by atoms with Crippen molar-refractivity contribution in [2.24, 2.45) is 0 Å². The molecule has 1 fully saturated rings. The van der Waals surface area contributed by atoms with Gasteiger partial charge in [0.1, 0.15) is 17.7 Å². The Balaban J connectivity index is 1.51. The van der Waals surface area contributed by atoms with E-state index in [2.05, 4.69) is 15.2 Å². The van der Waals surface area contributed by atoms with Gasteiger partial charge >= 0.3 is 0 Å². The summed E-state index contributed by atoms with van der Waals surface area (Å²) in [5, 5.41) is 3.51. The summed E-state index contributed by atoms with van der Waals surface area (Å²) in [4.78, 5) is 17.5. The van der Waals surface area contributed by atoms with E-state index in [-0.39, 0.29) is 18.1 Å². The molecule has 5 nitrogen and oxygen atoms in total. The van der Waals surface area contributed by atoms with E-state index in [0.717, 1.165) is 30.2 Å². The monoisotopic (exact) mass is 345 g/mol. The molecule has 0 bridgehead atoms. The van der Waals surface area contributed by atoms with Crippen molar-refractivity contribution >= 4 is 23.3 Å². The van der Waals surface area contributed by atoms with Crippen molar-refractivity contribution in [1.82, 2.24) is 10.3 Å². The van der Waals surface area contributed by atoms with Crippen LogP contribution in [-0.4, -0.2) is 30.1 Å². The van der Waals surface area contributed by atoms with Gasteiger partial charge in [0.25, 0.3) is 0 Å². The summed E-state index contributed by atoms with van der Waals surface area (Å²) in [5.41, 5.74) is 1.05. The minimum Gasteiger partial charge on any atom is -0.487 e. The minimum absolute atomic E-state index is 0.00766. The van der Waals surface area contributed by atoms with Crippen molar-refractivity contribution in [3.63, 3.8) is 0 Å². The van der Waals surface area contributed by atoms with E-state index in [9.17, 15) is 4.79 Å². The Morgan fingerprint density at radius 3 is 2.58 bits per heavy atom. The molecule has 2 aromatic rings. The number of amides is 1. The zero-order chi connectivity index (χ0) is 17.1. The summed E-state index contributed by atoms with van der Waals surface area (Å²) in [6, 6.07) is 11.6. The van der Waals surface area contributed by atoms with Crippen LogP contribution in [0.5, 0.6) is 5.75 Å². The number of carbonyl (C=O) groups excluding carboxylic acids is 1. The molecule has 126 valence electrons. The summed E-state index contributed by atoms with van der Waals surface area (Å²) >= 11 is 5.85. The first-order valence-electron chi connectivity index (χ1n) is 7.91. The van der Waals surface area contributed by atoms with E-state index < -0.39 is 0 Å². The van der Waals surface area contributed by atoms with Gasteiger partial charge in [0.05, 0.1) is 24.2 Å². The molecule has 1 N–H and O–H groups in total. The molecule has 24 heavy (non-hydrogen) atoms. The lowest BCUT2D eigenvalue weighted by Crippen LogP contribution is -2.54. The Hall–Kier alpha value is -2.27. The molecular formula is C18H20ClN3O2. The quantitative estimate of drug-likeness (QED) is 0.904. The number of rotatable bonds is 5. The molecule has 1 aliphatic heterocycles. The van der Waals surface area contributed by atoms with Crippen LogP contribution in [-0.2, 0) is 4.79 Å². The number of halogens is 1. The first-order valence-corrected chi connectivity index (χ1v) is 8.29. The van der Waals surface area contributed by atoms with Crippen LogP contribution in [0.15, 0.2) is 42.6 Å². The second-order valence-corrected chi connectivity index (χ2v) is 6.41. The van der Waals surface area contributed by atoms with Crippen LogP contribution in [0.2, 0.25) is 5.02 Å². The van der Waals surface area contributed by atoms with Gasteiger partial charge in [0, 0.05) is 13.1 Å². The molecule has 1 aromatic carbocycles. The molecule has 1 amide bonds. The highest BCUT2D eigenvalue weighted by molar-refractivity contribution is 6.30. The van der Waals surface area contributed by atoms with Gasteiger partial charge < -0.3 is 15.0 Å². The largest absolute Gasteiger partial charge is 0.487 e. The third-order valence-electron chi connectivity index (χ3n) is 3.99. The predicted octanol–water partition coefficient (Wildman–Crippen LogP) is 3.20. The van der Waals surface area contributed by atoms with Gasteiger partial charge in [-0.05, 0) is 36.8 Å². The SMILES string of the molecule is CC(=O)NC(C)c1ccc(OC2CN(c3ccc(Cl)cn3)C2)cc1. The zero-order valence-electron chi connectivity index (χ0n) is 13.7. The highest BCUT2D eigenvalue weighted by Crippen LogP contribution is 2.24.